The van der Waals surface area contributed by atoms with Crippen LogP contribution in [0.2, 0.25) is 0 Å². The molecule has 0 amide bonds. The van der Waals surface area contributed by atoms with Crippen molar-refractivity contribution in [3.05, 3.63) is 126 Å². The minimum absolute atomic E-state index is 0.00417. The van der Waals surface area contributed by atoms with E-state index in [4.69, 9.17) is 4.74 Å². The summed E-state index contributed by atoms with van der Waals surface area (Å²) in [5.74, 6) is -7.26. The van der Waals surface area contributed by atoms with Gasteiger partial charge in [0.1, 0.15) is 40.3 Å². The fourth-order valence-electron chi connectivity index (χ4n) is 4.86. The molecule has 0 fully saturated rings. The first-order valence-electron chi connectivity index (χ1n) is 14.6. The van der Waals surface area contributed by atoms with Crippen LogP contribution in [0.15, 0.2) is 91.0 Å². The second-order valence-electron chi connectivity index (χ2n) is 10.7. The lowest BCUT2D eigenvalue weighted by Gasteiger charge is -2.20. The summed E-state index contributed by atoms with van der Waals surface area (Å²) in [5.41, 5.74) is -1.67. The van der Waals surface area contributed by atoms with E-state index in [1.807, 2.05) is 6.92 Å². The van der Waals surface area contributed by atoms with Crippen molar-refractivity contribution in [2.75, 3.05) is 6.61 Å². The number of halogens is 10. The van der Waals surface area contributed by atoms with Gasteiger partial charge in [0, 0.05) is 28.8 Å². The Hall–Kier alpha value is -5.20. The molecule has 5 rings (SSSR count). The minimum Gasteiger partial charge on any atom is -0.493 e. The van der Waals surface area contributed by atoms with Crippen molar-refractivity contribution in [3.8, 4) is 50.6 Å². The van der Waals surface area contributed by atoms with Crippen LogP contribution in [0.4, 0.5) is 43.9 Å². The molecule has 0 atom stereocenters. The number of ether oxygens (including phenoxy) is 3. The van der Waals surface area contributed by atoms with E-state index in [2.05, 4.69) is 9.47 Å². The van der Waals surface area contributed by atoms with Gasteiger partial charge < -0.3 is 14.2 Å². The first-order valence-corrected chi connectivity index (χ1v) is 14.6. The van der Waals surface area contributed by atoms with Crippen molar-refractivity contribution >= 4 is 0 Å². The maximum Gasteiger partial charge on any atom is 0.573 e. The summed E-state index contributed by atoms with van der Waals surface area (Å²) in [6.07, 6.45) is -7.80. The molecule has 0 heterocycles. The highest BCUT2D eigenvalue weighted by Gasteiger charge is 2.38. The highest BCUT2D eigenvalue weighted by molar-refractivity contribution is 5.74. The molecule has 256 valence electrons. The van der Waals surface area contributed by atoms with Crippen molar-refractivity contribution in [1.82, 2.24) is 0 Å². The molecular formula is C36H24F10O3. The molecule has 49 heavy (non-hydrogen) atoms. The lowest BCUT2D eigenvalue weighted by Crippen LogP contribution is -2.23. The maximum atomic E-state index is 15.2. The lowest BCUT2D eigenvalue weighted by atomic mass is 9.97. The van der Waals surface area contributed by atoms with Crippen LogP contribution >= 0.6 is 0 Å². The first-order chi connectivity index (χ1) is 23.1. The van der Waals surface area contributed by atoms with Crippen molar-refractivity contribution in [2.24, 2.45) is 0 Å². The van der Waals surface area contributed by atoms with E-state index in [0.717, 1.165) is 55.0 Å². The Bertz CT molecular complexity index is 1970. The van der Waals surface area contributed by atoms with Gasteiger partial charge in [0.25, 0.3) is 0 Å². The van der Waals surface area contributed by atoms with Gasteiger partial charge in [-0.1, -0.05) is 43.7 Å². The van der Waals surface area contributed by atoms with Crippen LogP contribution in [0.3, 0.4) is 0 Å². The largest absolute Gasteiger partial charge is 0.573 e. The van der Waals surface area contributed by atoms with Gasteiger partial charge in [0.05, 0.1) is 6.61 Å². The lowest BCUT2D eigenvalue weighted by molar-refractivity contribution is -0.275. The van der Waals surface area contributed by atoms with Crippen LogP contribution in [-0.4, -0.2) is 13.0 Å². The average molecular weight is 695 g/mol. The second kappa shape index (κ2) is 14.1. The summed E-state index contributed by atoms with van der Waals surface area (Å²) in [5, 5.41) is 0. The first kappa shape index (κ1) is 35.1. The Morgan fingerprint density at radius 3 is 1.49 bits per heavy atom. The van der Waals surface area contributed by atoms with E-state index in [9.17, 15) is 30.7 Å². The molecule has 5 aromatic carbocycles. The number of unbranched alkanes of at least 4 members (excludes halogenated alkanes) is 1. The molecule has 0 aliphatic rings. The summed E-state index contributed by atoms with van der Waals surface area (Å²) >= 11 is 0. The van der Waals surface area contributed by atoms with Crippen LogP contribution in [0.25, 0.3) is 33.4 Å². The van der Waals surface area contributed by atoms with Gasteiger partial charge in [-0.25, -0.2) is 22.0 Å². The van der Waals surface area contributed by atoms with E-state index in [-0.39, 0.29) is 45.7 Å². The second-order valence-corrected chi connectivity index (χ2v) is 10.7. The molecule has 0 unspecified atom stereocenters. The highest BCUT2D eigenvalue weighted by atomic mass is 19.4. The van der Waals surface area contributed by atoms with Crippen molar-refractivity contribution in [2.45, 2.75) is 32.2 Å². The maximum absolute atomic E-state index is 15.2. The van der Waals surface area contributed by atoms with Gasteiger partial charge in [0.15, 0.2) is 11.6 Å². The molecule has 0 saturated carbocycles. The molecule has 0 aromatic heterocycles. The van der Waals surface area contributed by atoms with Gasteiger partial charge in [-0.3, -0.25) is 0 Å². The molecule has 0 bridgehead atoms. The van der Waals surface area contributed by atoms with E-state index in [1.54, 1.807) is 0 Å². The molecule has 13 heteroatoms. The monoisotopic (exact) mass is 694 g/mol. The molecular weight excluding hydrogens is 670 g/mol. The SMILES string of the molecule is CCCCOc1ccc(C(F)(F)Oc2ccc(-c3ccc(-c4ccc(-c5ccc(OC(F)(F)F)c(F)c5)c(F)c4)c(F)c3)c(F)c2)c(F)c1. The number of hydrogen-bond donors (Lipinski definition) is 0. The molecule has 0 aliphatic carbocycles. The van der Waals surface area contributed by atoms with Crippen LogP contribution in [0.5, 0.6) is 17.2 Å². The van der Waals surface area contributed by atoms with Crippen LogP contribution in [0.1, 0.15) is 25.3 Å². The third kappa shape index (κ3) is 8.27. The molecule has 0 spiro atoms. The van der Waals surface area contributed by atoms with E-state index >= 15 is 13.2 Å². The Morgan fingerprint density at radius 2 is 1.00 bits per heavy atom. The van der Waals surface area contributed by atoms with Crippen molar-refractivity contribution in [3.63, 3.8) is 0 Å². The molecule has 3 nitrogen and oxygen atoms in total. The summed E-state index contributed by atoms with van der Waals surface area (Å²) in [4.78, 5) is 0. The van der Waals surface area contributed by atoms with Gasteiger partial charge in [-0.15, -0.1) is 13.2 Å². The van der Waals surface area contributed by atoms with Gasteiger partial charge in [0.2, 0.25) is 0 Å². The number of benzene rings is 5. The van der Waals surface area contributed by atoms with Crippen molar-refractivity contribution in [1.29, 1.82) is 0 Å². The molecule has 0 radical (unpaired) electrons. The van der Waals surface area contributed by atoms with Crippen molar-refractivity contribution < 1.29 is 58.1 Å². The Kier molecular flexibility index (Phi) is 10.1. The van der Waals surface area contributed by atoms with Crippen LogP contribution in [-0.2, 0) is 6.11 Å². The molecule has 5 aromatic rings. The van der Waals surface area contributed by atoms with E-state index in [1.165, 1.54) is 24.3 Å². The number of hydrogen-bond acceptors (Lipinski definition) is 3. The van der Waals surface area contributed by atoms with Gasteiger partial charge in [-0.05, 0) is 71.6 Å². The van der Waals surface area contributed by atoms with Gasteiger partial charge in [-0.2, -0.15) is 8.78 Å². The summed E-state index contributed by atoms with van der Waals surface area (Å²) in [6, 6.07) is 14.7. The number of rotatable bonds is 11. The van der Waals surface area contributed by atoms with E-state index < -0.39 is 58.6 Å². The number of alkyl halides is 5. The zero-order chi connectivity index (χ0) is 35.5. The Morgan fingerprint density at radius 1 is 0.510 bits per heavy atom. The minimum atomic E-state index is -5.13. The zero-order valence-electron chi connectivity index (χ0n) is 25.3. The smallest absolute Gasteiger partial charge is 0.493 e. The fraction of sp³-hybridized carbons (Fsp3) is 0.167. The summed E-state index contributed by atoms with van der Waals surface area (Å²) in [7, 11) is 0. The predicted molar refractivity (Wildman–Crippen MR) is 161 cm³/mol. The third-order valence-electron chi connectivity index (χ3n) is 7.24. The third-order valence-corrected chi connectivity index (χ3v) is 7.24. The van der Waals surface area contributed by atoms with Gasteiger partial charge >= 0.3 is 12.5 Å². The molecule has 0 N–H and O–H groups in total. The highest BCUT2D eigenvalue weighted by Crippen LogP contribution is 2.38. The summed E-state index contributed by atoms with van der Waals surface area (Å²) < 4.78 is 154. The standard InChI is InChI=1S/C36H24F10O3/c1-2-3-14-47-23-8-12-28(32(40)18-23)35(42,43)48-24-7-11-27(31(39)19-24)21-5-9-25(29(37)16-21)20-4-10-26(30(38)15-20)22-6-13-34(33(41)17-22)49-36(44,45)46/h4-13,15-19H,2-3,14H2,1H3. The zero-order valence-corrected chi connectivity index (χ0v) is 25.3. The quantitative estimate of drug-likeness (QED) is 0.102. The Balaban J connectivity index is 1.32. The normalized spacial score (nSPS) is 11.8. The Labute approximate surface area is 273 Å². The molecule has 0 aliphatic heterocycles. The topological polar surface area (TPSA) is 27.7 Å². The fourth-order valence-corrected chi connectivity index (χ4v) is 4.86. The predicted octanol–water partition coefficient (Wildman–Crippen LogP) is 11.6. The van der Waals surface area contributed by atoms with Crippen LogP contribution in [0, 0.1) is 29.1 Å². The van der Waals surface area contributed by atoms with Crippen LogP contribution < -0.4 is 14.2 Å². The average Bonchev–Trinajstić information content (AvgIpc) is 3.01. The molecule has 0 saturated heterocycles. The summed E-state index contributed by atoms with van der Waals surface area (Å²) in [6.45, 7) is 2.20. The van der Waals surface area contributed by atoms with E-state index in [0.29, 0.717) is 24.6 Å².